The lowest BCUT2D eigenvalue weighted by Gasteiger charge is -2.12. The number of carboxylic acid groups (broad SMARTS) is 1. The van der Waals surface area contributed by atoms with E-state index in [-0.39, 0.29) is 16.7 Å². The maximum Gasteiger partial charge on any atom is 0.573 e. The van der Waals surface area contributed by atoms with E-state index >= 15 is 0 Å². The summed E-state index contributed by atoms with van der Waals surface area (Å²) in [5.74, 6) is -6.20. The van der Waals surface area contributed by atoms with Crippen molar-refractivity contribution in [2.75, 3.05) is 0 Å². The molecule has 33 heavy (non-hydrogen) atoms. The first-order chi connectivity index (χ1) is 15.4. The van der Waals surface area contributed by atoms with Gasteiger partial charge in [-0.25, -0.2) is 23.5 Å². The summed E-state index contributed by atoms with van der Waals surface area (Å²) in [6, 6.07) is 6.01. The van der Waals surface area contributed by atoms with E-state index in [9.17, 15) is 41.8 Å². The number of fused-ring (bicyclic) bond motifs is 1. The fraction of sp³-hybridized carbons (Fsp3) is 0.143. The molecule has 12 heteroatoms. The number of aliphatic hydroxyl groups is 1. The first kappa shape index (κ1) is 22.3. The zero-order chi connectivity index (χ0) is 24.1. The number of ketones is 1. The maximum absolute atomic E-state index is 14.9. The molecule has 0 spiro atoms. The van der Waals surface area contributed by atoms with Crippen molar-refractivity contribution in [3.05, 3.63) is 65.0 Å². The highest BCUT2D eigenvalue weighted by atomic mass is 19.4. The molecule has 3 aromatic rings. The summed E-state index contributed by atoms with van der Waals surface area (Å²) in [6.45, 7) is 0. The number of carbonyl (C=O) groups excluding carboxylic acids is 1. The molecule has 170 valence electrons. The molecule has 4 rings (SSSR count). The number of aromatic nitrogens is 2. The number of carboxylic acids is 1. The molecule has 1 heterocycles. The fourth-order valence-electron chi connectivity index (χ4n) is 3.47. The normalized spacial score (nSPS) is 15.5. The van der Waals surface area contributed by atoms with Gasteiger partial charge in [0.15, 0.2) is 17.3 Å². The van der Waals surface area contributed by atoms with Gasteiger partial charge in [0.25, 0.3) is 0 Å². The largest absolute Gasteiger partial charge is 0.573 e. The van der Waals surface area contributed by atoms with E-state index in [1.807, 2.05) is 0 Å². The average Bonchev–Trinajstić information content (AvgIpc) is 2.99. The zero-order valence-corrected chi connectivity index (χ0v) is 16.2. The Labute approximate surface area is 181 Å². The second-order valence-corrected chi connectivity index (χ2v) is 7.00. The molecule has 2 N–H and O–H groups in total. The van der Waals surface area contributed by atoms with Gasteiger partial charge < -0.3 is 14.9 Å². The number of Topliss-reactive ketones (excluding diaryl/α,β-unsaturated/α-hetero) is 1. The molecule has 7 nitrogen and oxygen atoms in total. The molecule has 0 radical (unpaired) electrons. The monoisotopic (exact) mass is 466 g/mol. The average molecular weight is 466 g/mol. The van der Waals surface area contributed by atoms with Gasteiger partial charge in [0.05, 0.1) is 11.7 Å². The fourth-order valence-corrected chi connectivity index (χ4v) is 3.47. The summed E-state index contributed by atoms with van der Waals surface area (Å²) >= 11 is 0. The van der Waals surface area contributed by atoms with Crippen molar-refractivity contribution < 1.29 is 46.5 Å². The summed E-state index contributed by atoms with van der Waals surface area (Å²) in [5, 5.41) is 19.3. The van der Waals surface area contributed by atoms with Crippen LogP contribution in [-0.2, 0) is 0 Å². The van der Waals surface area contributed by atoms with Crippen LogP contribution in [0.1, 0.15) is 39.1 Å². The van der Waals surface area contributed by atoms with Gasteiger partial charge in [0.1, 0.15) is 23.1 Å². The van der Waals surface area contributed by atoms with Gasteiger partial charge in [0, 0.05) is 12.0 Å². The first-order valence-corrected chi connectivity index (χ1v) is 9.16. The van der Waals surface area contributed by atoms with Crippen molar-refractivity contribution in [1.82, 2.24) is 9.97 Å². The third-order valence-electron chi connectivity index (χ3n) is 4.79. The number of hydrogen-bond donors (Lipinski definition) is 2. The lowest BCUT2D eigenvalue weighted by molar-refractivity contribution is -0.274. The van der Waals surface area contributed by atoms with Crippen molar-refractivity contribution in [2.45, 2.75) is 18.9 Å². The predicted molar refractivity (Wildman–Crippen MR) is 100 cm³/mol. The molecule has 1 aromatic heterocycles. The number of aromatic carboxylic acids is 1. The first-order valence-electron chi connectivity index (χ1n) is 9.16. The molecule has 1 unspecified atom stereocenters. The molecular formula is C21H11F5N2O5. The molecule has 0 fully saturated rings. The van der Waals surface area contributed by atoms with Crippen LogP contribution in [0.3, 0.4) is 0 Å². The SMILES string of the molecule is O=C(O)c1nc(-c2c(F)cc(-c3cccc(OC(F)(F)F)c3)cc2F)nc2c1C(O)CC2=O. The summed E-state index contributed by atoms with van der Waals surface area (Å²) in [4.78, 5) is 31.0. The second kappa shape index (κ2) is 7.89. The highest BCUT2D eigenvalue weighted by Gasteiger charge is 2.36. The molecule has 1 aliphatic rings. The van der Waals surface area contributed by atoms with E-state index in [4.69, 9.17) is 0 Å². The number of halogens is 5. The van der Waals surface area contributed by atoms with E-state index in [0.29, 0.717) is 0 Å². The van der Waals surface area contributed by atoms with E-state index in [2.05, 4.69) is 14.7 Å². The number of ether oxygens (including phenoxy) is 1. The molecule has 0 amide bonds. The third-order valence-corrected chi connectivity index (χ3v) is 4.79. The molecule has 1 aliphatic carbocycles. The molecule has 2 aromatic carbocycles. The number of benzene rings is 2. The predicted octanol–water partition coefficient (Wildman–Crippen LogP) is 4.31. The van der Waals surface area contributed by atoms with Crippen LogP contribution in [0.2, 0.25) is 0 Å². The quantitative estimate of drug-likeness (QED) is 0.552. The van der Waals surface area contributed by atoms with Crippen LogP contribution in [-0.4, -0.2) is 38.3 Å². The number of nitrogens with zero attached hydrogens (tertiary/aromatic N) is 2. The van der Waals surface area contributed by atoms with Crippen LogP contribution >= 0.6 is 0 Å². The Morgan fingerprint density at radius 3 is 2.33 bits per heavy atom. The molecule has 1 atom stereocenters. The number of hydrogen-bond acceptors (Lipinski definition) is 6. The van der Waals surface area contributed by atoms with Crippen LogP contribution in [0.15, 0.2) is 36.4 Å². The van der Waals surface area contributed by atoms with E-state index in [0.717, 1.165) is 24.3 Å². The highest BCUT2D eigenvalue weighted by molar-refractivity contribution is 6.03. The minimum Gasteiger partial charge on any atom is -0.476 e. The van der Waals surface area contributed by atoms with Crippen molar-refractivity contribution in [3.8, 4) is 28.3 Å². The Bertz CT molecular complexity index is 1290. The second-order valence-electron chi connectivity index (χ2n) is 7.00. The Morgan fingerprint density at radius 1 is 1.06 bits per heavy atom. The minimum absolute atomic E-state index is 0.000460. The Kier molecular flexibility index (Phi) is 5.32. The van der Waals surface area contributed by atoms with Crippen LogP contribution in [0.4, 0.5) is 22.0 Å². The standard InChI is InChI=1S/C21H11F5N2O5/c22-11-5-9(8-2-1-3-10(4-8)33-21(24,25)26)6-12(23)15(11)19-27-17-14(30)7-13(29)16(17)18(28-19)20(31)32/h1-6,13,29H,7H2,(H,31,32). The minimum atomic E-state index is -4.96. The van der Waals surface area contributed by atoms with E-state index in [1.165, 1.54) is 12.1 Å². The maximum atomic E-state index is 14.9. The third kappa shape index (κ3) is 4.24. The van der Waals surface area contributed by atoms with Gasteiger partial charge in [-0.05, 0) is 35.4 Å². The van der Waals surface area contributed by atoms with Crippen molar-refractivity contribution in [3.63, 3.8) is 0 Å². The van der Waals surface area contributed by atoms with Crippen LogP contribution in [0.25, 0.3) is 22.5 Å². The smallest absolute Gasteiger partial charge is 0.476 e. The van der Waals surface area contributed by atoms with Crippen LogP contribution in [0, 0.1) is 11.6 Å². The molecular weight excluding hydrogens is 455 g/mol. The molecule has 0 saturated carbocycles. The summed E-state index contributed by atoms with van der Waals surface area (Å²) in [6.07, 6.45) is -6.87. The highest BCUT2D eigenvalue weighted by Crippen LogP contribution is 2.36. The van der Waals surface area contributed by atoms with E-state index in [1.54, 1.807) is 0 Å². The van der Waals surface area contributed by atoms with E-state index < -0.39 is 70.8 Å². The van der Waals surface area contributed by atoms with Crippen LogP contribution < -0.4 is 4.74 Å². The Hall–Kier alpha value is -3.93. The van der Waals surface area contributed by atoms with Gasteiger partial charge in [-0.15, -0.1) is 13.2 Å². The zero-order valence-electron chi connectivity index (χ0n) is 16.2. The van der Waals surface area contributed by atoms with Gasteiger partial charge in [0.2, 0.25) is 0 Å². The van der Waals surface area contributed by atoms with Crippen molar-refractivity contribution in [1.29, 1.82) is 0 Å². The van der Waals surface area contributed by atoms with Crippen molar-refractivity contribution >= 4 is 11.8 Å². The topological polar surface area (TPSA) is 110 Å². The van der Waals surface area contributed by atoms with Gasteiger partial charge in [-0.1, -0.05) is 12.1 Å². The summed E-state index contributed by atoms with van der Waals surface area (Å²) in [7, 11) is 0. The number of alkyl halides is 3. The lowest BCUT2D eigenvalue weighted by Crippen LogP contribution is -2.17. The van der Waals surface area contributed by atoms with Gasteiger partial charge in [-0.2, -0.15) is 0 Å². The number of carbonyl (C=O) groups is 2. The number of rotatable bonds is 4. The van der Waals surface area contributed by atoms with Crippen LogP contribution in [0.5, 0.6) is 5.75 Å². The van der Waals surface area contributed by atoms with Gasteiger partial charge in [-0.3, -0.25) is 4.79 Å². The Morgan fingerprint density at radius 2 is 1.73 bits per heavy atom. The lowest BCUT2D eigenvalue weighted by atomic mass is 10.0. The molecule has 0 saturated heterocycles. The summed E-state index contributed by atoms with van der Waals surface area (Å²) < 4.78 is 70.9. The Balaban J connectivity index is 1.81. The van der Waals surface area contributed by atoms with Crippen molar-refractivity contribution in [2.24, 2.45) is 0 Å². The molecule has 0 bridgehead atoms. The van der Waals surface area contributed by atoms with Gasteiger partial charge >= 0.3 is 12.3 Å². The number of aliphatic hydroxyl groups excluding tert-OH is 1. The molecule has 0 aliphatic heterocycles. The summed E-state index contributed by atoms with van der Waals surface area (Å²) in [5.41, 5.74) is -2.55.